The first-order chi connectivity index (χ1) is 18.1. The number of carbonyl (C=O) groups is 1. The molecule has 1 atom stereocenters. The highest BCUT2D eigenvalue weighted by molar-refractivity contribution is 5.84. The predicted octanol–water partition coefficient (Wildman–Crippen LogP) is 8.53. The number of rotatable bonds is 10. The van der Waals surface area contributed by atoms with Crippen molar-refractivity contribution in [3.8, 4) is 16.9 Å². The van der Waals surface area contributed by atoms with Crippen LogP contribution in [0.3, 0.4) is 0 Å². The van der Waals surface area contributed by atoms with Crippen LogP contribution in [0.4, 0.5) is 0 Å². The number of fused-ring (bicyclic) bond motifs is 1. The van der Waals surface area contributed by atoms with Crippen molar-refractivity contribution in [3.63, 3.8) is 0 Å². The number of hydrogen-bond acceptors (Lipinski definition) is 5. The van der Waals surface area contributed by atoms with E-state index in [4.69, 9.17) is 13.9 Å². The Bertz CT molecular complexity index is 1350. The molecule has 0 amide bonds. The van der Waals surface area contributed by atoms with Crippen LogP contribution in [-0.4, -0.2) is 17.2 Å². The molecule has 0 aliphatic rings. The highest BCUT2D eigenvalue weighted by Gasteiger charge is 2.38. The van der Waals surface area contributed by atoms with Crippen molar-refractivity contribution in [1.29, 1.82) is 0 Å². The van der Waals surface area contributed by atoms with E-state index in [1.807, 2.05) is 58.9 Å². The lowest BCUT2D eigenvalue weighted by molar-refractivity contribution is -0.169. The molecule has 0 N–H and O–H groups in total. The molecule has 1 aromatic heterocycles. The van der Waals surface area contributed by atoms with Crippen LogP contribution in [0.5, 0.6) is 5.75 Å². The van der Waals surface area contributed by atoms with E-state index in [0.29, 0.717) is 23.3 Å². The molecular weight excluding hydrogens is 488 g/mol. The van der Waals surface area contributed by atoms with Crippen molar-refractivity contribution in [2.45, 2.75) is 106 Å². The van der Waals surface area contributed by atoms with Crippen LogP contribution in [-0.2, 0) is 22.4 Å². The molecule has 5 heteroatoms. The Morgan fingerprint density at radius 3 is 2.03 bits per heavy atom. The molecule has 212 valence electrons. The Morgan fingerprint density at radius 1 is 0.872 bits per heavy atom. The quantitative estimate of drug-likeness (QED) is 0.193. The summed E-state index contributed by atoms with van der Waals surface area (Å²) in [7, 11) is 0. The summed E-state index contributed by atoms with van der Waals surface area (Å²) in [6.45, 7) is 20.3. The van der Waals surface area contributed by atoms with Crippen molar-refractivity contribution in [2.75, 3.05) is 0 Å². The molecule has 0 spiro atoms. The third-order valence-electron chi connectivity index (χ3n) is 7.33. The molecule has 39 heavy (non-hydrogen) atoms. The summed E-state index contributed by atoms with van der Waals surface area (Å²) < 4.78 is 18.2. The van der Waals surface area contributed by atoms with Crippen LogP contribution in [0, 0.1) is 11.3 Å². The van der Waals surface area contributed by atoms with Crippen LogP contribution in [0.1, 0.15) is 93.2 Å². The number of carbonyl (C=O) groups excluding carboxylic acids is 1. The highest BCUT2D eigenvalue weighted by atomic mass is 16.6. The molecule has 0 aliphatic heterocycles. The summed E-state index contributed by atoms with van der Waals surface area (Å²) in [6.07, 6.45) is 2.89. The van der Waals surface area contributed by atoms with Crippen LogP contribution < -0.4 is 10.4 Å². The second-order valence-corrected chi connectivity index (χ2v) is 12.9. The first-order valence-corrected chi connectivity index (χ1v) is 14.2. The molecule has 0 fully saturated rings. The molecule has 5 nitrogen and oxygen atoms in total. The van der Waals surface area contributed by atoms with E-state index in [1.54, 1.807) is 6.07 Å². The molecule has 0 bridgehead atoms. The molecular formula is C34H46O5. The van der Waals surface area contributed by atoms with Crippen molar-refractivity contribution in [2.24, 2.45) is 11.3 Å². The van der Waals surface area contributed by atoms with Crippen molar-refractivity contribution in [3.05, 3.63) is 64.0 Å². The monoisotopic (exact) mass is 534 g/mol. The third-order valence-corrected chi connectivity index (χ3v) is 7.33. The molecule has 3 rings (SSSR count). The maximum atomic E-state index is 13.0. The Morgan fingerprint density at radius 2 is 1.49 bits per heavy atom. The molecule has 0 radical (unpaired) electrons. The minimum absolute atomic E-state index is 0.164. The average Bonchev–Trinajstić information content (AvgIpc) is 2.81. The maximum absolute atomic E-state index is 13.0. The van der Waals surface area contributed by atoms with E-state index in [1.165, 1.54) is 0 Å². The summed E-state index contributed by atoms with van der Waals surface area (Å²) in [5.41, 5.74) is 2.48. The molecule has 2 aromatic carbocycles. The van der Waals surface area contributed by atoms with Gasteiger partial charge in [0.1, 0.15) is 22.5 Å². The van der Waals surface area contributed by atoms with Gasteiger partial charge in [-0.25, -0.2) is 4.79 Å². The van der Waals surface area contributed by atoms with Crippen molar-refractivity contribution < 1.29 is 18.7 Å². The van der Waals surface area contributed by atoms with Crippen LogP contribution >= 0.6 is 0 Å². The minimum atomic E-state index is -0.712. The topological polar surface area (TPSA) is 65.7 Å². The van der Waals surface area contributed by atoms with E-state index in [-0.39, 0.29) is 22.9 Å². The molecule has 3 aromatic rings. The fourth-order valence-corrected chi connectivity index (χ4v) is 5.82. The van der Waals surface area contributed by atoms with Crippen molar-refractivity contribution in [1.82, 2.24) is 0 Å². The summed E-state index contributed by atoms with van der Waals surface area (Å²) in [5, 5.41) is 0.799. The Labute approximate surface area is 233 Å². The van der Waals surface area contributed by atoms with Crippen molar-refractivity contribution >= 4 is 16.9 Å². The van der Waals surface area contributed by atoms with E-state index < -0.39 is 11.2 Å². The van der Waals surface area contributed by atoms with E-state index in [2.05, 4.69) is 46.8 Å². The van der Waals surface area contributed by atoms with Gasteiger partial charge in [-0.2, -0.15) is 0 Å². The number of hydrogen-bond donors (Lipinski definition) is 0. The predicted molar refractivity (Wildman–Crippen MR) is 159 cm³/mol. The standard InChI is InChI=1S/C34H46O5/c1-11-22-15-14-16-23(12-2)29(22)26-20-24-19-25(17-18-28(24)37-30(26)35)38-33(7,8)21-34(9,10)39-31(36)27(13-3)32(4,5)6/h14-20,27H,11-13,21H2,1-10H3. The summed E-state index contributed by atoms with van der Waals surface area (Å²) in [6, 6.07) is 13.6. The lowest BCUT2D eigenvalue weighted by Gasteiger charge is -2.37. The smallest absolute Gasteiger partial charge is 0.344 e. The van der Waals surface area contributed by atoms with Crippen LogP contribution in [0.25, 0.3) is 22.1 Å². The van der Waals surface area contributed by atoms with E-state index in [0.717, 1.165) is 41.3 Å². The number of aryl methyl sites for hydroxylation is 2. The van der Waals surface area contributed by atoms with Crippen LogP contribution in [0.2, 0.25) is 0 Å². The van der Waals surface area contributed by atoms with Gasteiger partial charge in [-0.05, 0) is 93.3 Å². The van der Waals surface area contributed by atoms with Gasteiger partial charge in [-0.1, -0.05) is 59.7 Å². The first kappa shape index (κ1) is 30.5. The van der Waals surface area contributed by atoms with Crippen LogP contribution in [0.15, 0.2) is 51.7 Å². The summed E-state index contributed by atoms with van der Waals surface area (Å²) >= 11 is 0. The van der Waals surface area contributed by atoms with Gasteiger partial charge in [0.05, 0.1) is 11.5 Å². The second-order valence-electron chi connectivity index (χ2n) is 12.9. The number of ether oxygens (including phenoxy) is 2. The molecule has 0 saturated carbocycles. The van der Waals surface area contributed by atoms with Gasteiger partial charge in [-0.15, -0.1) is 0 Å². The van der Waals surface area contributed by atoms with Gasteiger partial charge < -0.3 is 13.9 Å². The van der Waals surface area contributed by atoms with E-state index in [9.17, 15) is 9.59 Å². The Kier molecular flexibility index (Phi) is 9.04. The van der Waals surface area contributed by atoms with Gasteiger partial charge >= 0.3 is 11.6 Å². The molecule has 0 saturated heterocycles. The third kappa shape index (κ3) is 7.32. The Balaban J connectivity index is 1.89. The Hall–Kier alpha value is -3.08. The summed E-state index contributed by atoms with van der Waals surface area (Å²) in [4.78, 5) is 26.0. The minimum Gasteiger partial charge on any atom is -0.488 e. The zero-order valence-corrected chi connectivity index (χ0v) is 25.5. The fourth-order valence-electron chi connectivity index (χ4n) is 5.82. The highest BCUT2D eigenvalue weighted by Crippen LogP contribution is 2.35. The zero-order valence-electron chi connectivity index (χ0n) is 25.5. The molecule has 1 unspecified atom stereocenters. The van der Waals surface area contributed by atoms with Gasteiger partial charge in [-0.3, -0.25) is 4.79 Å². The maximum Gasteiger partial charge on any atom is 0.344 e. The normalized spacial score (nSPS) is 13.4. The molecule has 1 heterocycles. The molecule has 0 aliphatic carbocycles. The van der Waals surface area contributed by atoms with Gasteiger partial charge in [0.25, 0.3) is 0 Å². The SMILES string of the molecule is CCc1cccc(CC)c1-c1cc2cc(OC(C)(C)CC(C)(C)OC(=O)C(CC)C(C)(C)C)ccc2oc1=O. The lowest BCUT2D eigenvalue weighted by Crippen LogP contribution is -2.43. The lowest BCUT2D eigenvalue weighted by atomic mass is 9.79. The number of benzene rings is 2. The average molecular weight is 535 g/mol. The fraction of sp³-hybridized carbons (Fsp3) is 0.529. The largest absolute Gasteiger partial charge is 0.488 e. The first-order valence-electron chi connectivity index (χ1n) is 14.2. The second kappa shape index (κ2) is 11.6. The van der Waals surface area contributed by atoms with Gasteiger partial charge in [0.2, 0.25) is 0 Å². The number of esters is 1. The van der Waals surface area contributed by atoms with Gasteiger partial charge in [0.15, 0.2) is 0 Å². The summed E-state index contributed by atoms with van der Waals surface area (Å²) in [5.74, 6) is 0.323. The van der Waals surface area contributed by atoms with E-state index >= 15 is 0 Å². The zero-order chi connectivity index (χ0) is 29.2. The van der Waals surface area contributed by atoms with Gasteiger partial charge in [0, 0.05) is 11.8 Å².